The van der Waals surface area contributed by atoms with Crippen molar-refractivity contribution in [1.29, 1.82) is 0 Å². The zero-order valence-corrected chi connectivity index (χ0v) is 16.8. The minimum atomic E-state index is -0.631. The number of fused-ring (bicyclic) bond motifs is 4. The number of carbonyl (C=O) groups excluding carboxylic acids is 1. The molecular weight excluding hydrogens is 344 g/mol. The predicted molar refractivity (Wildman–Crippen MR) is 97.9 cm³/mol. The lowest BCUT2D eigenvalue weighted by Crippen LogP contribution is -2.61. The molecule has 5 aliphatic rings. The molecule has 5 rings (SSSR count). The Morgan fingerprint density at radius 3 is 2.44 bits per heavy atom. The Bertz CT molecular complexity index is 699. The van der Waals surface area contributed by atoms with Gasteiger partial charge in [0, 0.05) is 12.3 Å². The lowest BCUT2D eigenvalue weighted by Gasteiger charge is -2.63. The molecule has 5 fully saturated rings. The van der Waals surface area contributed by atoms with Gasteiger partial charge in [-0.1, -0.05) is 13.3 Å². The third-order valence-corrected chi connectivity index (χ3v) is 9.70. The summed E-state index contributed by atoms with van der Waals surface area (Å²) in [5.74, 6) is 0.285. The number of ether oxygens (including phenoxy) is 2. The van der Waals surface area contributed by atoms with Crippen LogP contribution in [0.15, 0.2) is 0 Å². The first-order valence-corrected chi connectivity index (χ1v) is 10.7. The molecule has 5 nitrogen and oxygen atoms in total. The highest BCUT2D eigenvalue weighted by Crippen LogP contribution is 2.75. The number of rotatable bonds is 2. The van der Waals surface area contributed by atoms with Crippen molar-refractivity contribution in [2.45, 2.75) is 83.8 Å². The number of hydrogen-bond donors (Lipinski definition) is 1. The summed E-state index contributed by atoms with van der Waals surface area (Å²) in [4.78, 5) is 24.2. The molecule has 0 aromatic rings. The molecule has 0 amide bonds. The van der Waals surface area contributed by atoms with E-state index in [9.17, 15) is 14.7 Å². The maximum atomic E-state index is 12.2. The third-order valence-electron chi connectivity index (χ3n) is 9.70. The van der Waals surface area contributed by atoms with E-state index in [1.165, 1.54) is 6.92 Å². The summed E-state index contributed by atoms with van der Waals surface area (Å²) in [5.41, 5.74) is -0.885. The standard InChI is InChI=1S/C22H32O5/c1-13(23)27-17-21-10-7-15-19(2,8-4-9-20(15,3)18(24)25)16(21)6-5-14(11-21)22(17)12-26-22/h14-17H,4-12H2,1-3H3,(H,24,25)/t14-,15+,16+,17-,19-,20-,21-,22+/m1/s1. The van der Waals surface area contributed by atoms with Gasteiger partial charge in [0.25, 0.3) is 0 Å². The summed E-state index contributed by atoms with van der Waals surface area (Å²) in [6.45, 7) is 6.56. The second-order valence-corrected chi connectivity index (χ2v) is 10.7. The fraction of sp³-hybridized carbons (Fsp3) is 0.909. The molecule has 0 radical (unpaired) electrons. The minimum Gasteiger partial charge on any atom is -0.481 e. The number of esters is 1. The van der Waals surface area contributed by atoms with E-state index in [0.717, 1.165) is 58.0 Å². The summed E-state index contributed by atoms with van der Waals surface area (Å²) in [6, 6.07) is 0. The van der Waals surface area contributed by atoms with Crippen LogP contribution in [-0.2, 0) is 19.1 Å². The van der Waals surface area contributed by atoms with E-state index in [4.69, 9.17) is 9.47 Å². The Hall–Kier alpha value is -1.10. The van der Waals surface area contributed by atoms with Crippen LogP contribution >= 0.6 is 0 Å². The number of aliphatic carboxylic acids is 1. The molecular formula is C22H32O5. The van der Waals surface area contributed by atoms with Crippen LogP contribution in [0.3, 0.4) is 0 Å². The number of carboxylic acids is 1. The van der Waals surface area contributed by atoms with E-state index >= 15 is 0 Å². The van der Waals surface area contributed by atoms with Crippen molar-refractivity contribution < 1.29 is 24.2 Å². The van der Waals surface area contributed by atoms with Crippen molar-refractivity contribution in [1.82, 2.24) is 0 Å². The van der Waals surface area contributed by atoms with Crippen molar-refractivity contribution in [2.75, 3.05) is 6.61 Å². The fourth-order valence-electron chi connectivity index (χ4n) is 8.66. The zero-order chi connectivity index (χ0) is 19.2. The van der Waals surface area contributed by atoms with Gasteiger partial charge < -0.3 is 14.6 Å². The molecule has 2 bridgehead atoms. The van der Waals surface area contributed by atoms with Crippen LogP contribution in [-0.4, -0.2) is 35.4 Å². The van der Waals surface area contributed by atoms with Crippen LogP contribution in [0, 0.1) is 34.0 Å². The Kier molecular flexibility index (Phi) is 3.51. The Morgan fingerprint density at radius 1 is 1.07 bits per heavy atom. The number of carboxylic acid groups (broad SMARTS) is 1. The monoisotopic (exact) mass is 376 g/mol. The molecule has 1 saturated heterocycles. The van der Waals surface area contributed by atoms with Crippen molar-refractivity contribution >= 4 is 11.9 Å². The van der Waals surface area contributed by atoms with Crippen LogP contribution in [0.5, 0.6) is 0 Å². The summed E-state index contributed by atoms with van der Waals surface area (Å²) < 4.78 is 12.0. The maximum Gasteiger partial charge on any atom is 0.309 e. The lowest BCUT2D eigenvalue weighted by molar-refractivity contribution is -0.199. The Morgan fingerprint density at radius 2 is 1.81 bits per heavy atom. The van der Waals surface area contributed by atoms with E-state index in [1.54, 1.807) is 0 Å². The van der Waals surface area contributed by atoms with Crippen LogP contribution in [0.4, 0.5) is 0 Å². The molecule has 2 spiro atoms. The molecule has 150 valence electrons. The summed E-state index contributed by atoms with van der Waals surface area (Å²) >= 11 is 0. The maximum absolute atomic E-state index is 12.2. The number of hydrogen-bond acceptors (Lipinski definition) is 4. The van der Waals surface area contributed by atoms with Gasteiger partial charge in [0.15, 0.2) is 0 Å². The van der Waals surface area contributed by atoms with Gasteiger partial charge in [-0.2, -0.15) is 0 Å². The zero-order valence-electron chi connectivity index (χ0n) is 16.8. The van der Waals surface area contributed by atoms with Gasteiger partial charge in [-0.25, -0.2) is 0 Å². The Labute approximate surface area is 161 Å². The SMILES string of the molecule is CC(=O)O[C@@H]1[C@@]23CC[C@H]4[C@@](C)(CCC[C@@]4(C)C(=O)O)[C@@H]2CC[C@H](C3)[C@@]12CO2. The molecule has 1 heterocycles. The predicted octanol–water partition coefficient (Wildman–Crippen LogP) is 3.79. The number of epoxide rings is 1. The minimum absolute atomic E-state index is 0.00737. The largest absolute Gasteiger partial charge is 0.481 e. The fourth-order valence-corrected chi connectivity index (χ4v) is 8.66. The van der Waals surface area contributed by atoms with Crippen LogP contribution in [0.1, 0.15) is 72.1 Å². The molecule has 4 saturated carbocycles. The van der Waals surface area contributed by atoms with Gasteiger partial charge in [-0.05, 0) is 75.0 Å². The average Bonchev–Trinajstić information content (AvgIpc) is 3.37. The summed E-state index contributed by atoms with van der Waals surface area (Å²) in [7, 11) is 0. The van der Waals surface area contributed by atoms with Gasteiger partial charge in [-0.15, -0.1) is 0 Å². The van der Waals surface area contributed by atoms with Crippen molar-refractivity contribution in [2.24, 2.45) is 34.0 Å². The van der Waals surface area contributed by atoms with Gasteiger partial charge in [-0.3, -0.25) is 9.59 Å². The van der Waals surface area contributed by atoms with E-state index in [1.807, 2.05) is 6.92 Å². The molecule has 0 aromatic heterocycles. The van der Waals surface area contributed by atoms with Gasteiger partial charge in [0.1, 0.15) is 11.7 Å². The molecule has 1 N–H and O–H groups in total. The summed E-state index contributed by atoms with van der Waals surface area (Å²) in [5, 5.41) is 10.1. The molecule has 8 atom stereocenters. The average molecular weight is 376 g/mol. The van der Waals surface area contributed by atoms with Gasteiger partial charge >= 0.3 is 11.9 Å². The Balaban J connectivity index is 1.58. The van der Waals surface area contributed by atoms with E-state index in [0.29, 0.717) is 11.8 Å². The number of carbonyl (C=O) groups is 2. The van der Waals surface area contributed by atoms with E-state index < -0.39 is 11.4 Å². The third kappa shape index (κ3) is 2.05. The van der Waals surface area contributed by atoms with Crippen molar-refractivity contribution in [3.05, 3.63) is 0 Å². The lowest BCUT2D eigenvalue weighted by atomic mass is 9.40. The molecule has 27 heavy (non-hydrogen) atoms. The second kappa shape index (κ2) is 5.28. The molecule has 0 unspecified atom stereocenters. The quantitative estimate of drug-likeness (QED) is 0.586. The highest BCUT2D eigenvalue weighted by molar-refractivity contribution is 5.75. The first-order valence-electron chi connectivity index (χ1n) is 10.7. The van der Waals surface area contributed by atoms with E-state index in [2.05, 4.69) is 6.92 Å². The first kappa shape index (κ1) is 18.0. The van der Waals surface area contributed by atoms with Crippen molar-refractivity contribution in [3.63, 3.8) is 0 Å². The second-order valence-electron chi connectivity index (χ2n) is 10.7. The smallest absolute Gasteiger partial charge is 0.309 e. The molecule has 4 aliphatic carbocycles. The van der Waals surface area contributed by atoms with Crippen LogP contribution in [0.25, 0.3) is 0 Å². The highest BCUT2D eigenvalue weighted by atomic mass is 16.6. The highest BCUT2D eigenvalue weighted by Gasteiger charge is 2.78. The van der Waals surface area contributed by atoms with Crippen LogP contribution < -0.4 is 0 Å². The van der Waals surface area contributed by atoms with Crippen LogP contribution in [0.2, 0.25) is 0 Å². The van der Waals surface area contributed by atoms with E-state index in [-0.39, 0.29) is 34.4 Å². The molecule has 1 aliphatic heterocycles. The van der Waals surface area contributed by atoms with Gasteiger partial charge in [0.05, 0.1) is 12.0 Å². The first-order chi connectivity index (χ1) is 12.7. The molecule has 5 heteroatoms. The topological polar surface area (TPSA) is 76.1 Å². The normalized spacial score (nSPS) is 55.5. The molecule has 0 aromatic carbocycles. The van der Waals surface area contributed by atoms with Crippen molar-refractivity contribution in [3.8, 4) is 0 Å². The van der Waals surface area contributed by atoms with Gasteiger partial charge in [0.2, 0.25) is 0 Å². The summed E-state index contributed by atoms with van der Waals surface area (Å²) in [6.07, 6.45) is 7.94.